The third-order valence-corrected chi connectivity index (χ3v) is 10.8. The summed E-state index contributed by atoms with van der Waals surface area (Å²) in [7, 11) is -4.37. The molecule has 0 aliphatic carbocycles. The minimum Gasteiger partial charge on any atom is -0.190 e. The maximum atomic E-state index is 12.9. The SMILES string of the molecule is O=S(=O)(O[I+](c1ccccc1)c1ccccc1)c1cccc(C(F)(F)F)c1. The summed E-state index contributed by atoms with van der Waals surface area (Å²) in [5, 5.41) is 0. The topological polar surface area (TPSA) is 43.4 Å². The van der Waals surface area contributed by atoms with E-state index in [0.29, 0.717) is 6.07 Å². The highest BCUT2D eigenvalue weighted by Crippen LogP contribution is 2.30. The van der Waals surface area contributed by atoms with Crippen LogP contribution in [0.2, 0.25) is 0 Å². The molecule has 0 N–H and O–H groups in total. The summed E-state index contributed by atoms with van der Waals surface area (Å²) < 4.78 is 71.2. The molecule has 0 unspecified atom stereocenters. The van der Waals surface area contributed by atoms with E-state index in [4.69, 9.17) is 2.51 Å². The first kappa shape index (κ1) is 19.8. The maximum Gasteiger partial charge on any atom is 0.416 e. The first-order valence-corrected chi connectivity index (χ1v) is 12.1. The first-order valence-electron chi connectivity index (χ1n) is 7.70. The first-order chi connectivity index (χ1) is 12.8. The molecule has 0 aliphatic heterocycles. The van der Waals surface area contributed by atoms with Gasteiger partial charge in [-0.25, -0.2) is 0 Å². The zero-order chi connectivity index (χ0) is 19.5. The second kappa shape index (κ2) is 7.99. The predicted octanol–water partition coefficient (Wildman–Crippen LogP) is 1.69. The standard InChI is InChI=1S/C19H14F3IO3S/c20-19(21,22)15-8-7-13-18(14-15)27(24,25)26-23(16-9-3-1-4-10-16)17-11-5-2-6-12-17/h1-14H/q+1. The molecule has 1 radical (unpaired) electrons. The number of hydrogen-bond acceptors (Lipinski definition) is 3. The van der Waals surface area contributed by atoms with Crippen molar-refractivity contribution in [2.75, 3.05) is 0 Å². The van der Waals surface area contributed by atoms with Gasteiger partial charge in [-0.2, -0.15) is 21.6 Å². The third kappa shape index (κ3) is 4.88. The van der Waals surface area contributed by atoms with E-state index in [1.165, 1.54) is 0 Å². The second-order valence-corrected chi connectivity index (χ2v) is 11.9. The van der Waals surface area contributed by atoms with Crippen molar-refractivity contribution in [2.45, 2.75) is 11.1 Å². The summed E-state index contributed by atoms with van der Waals surface area (Å²) in [6.07, 6.45) is -4.64. The number of halogens is 4. The van der Waals surface area contributed by atoms with Crippen LogP contribution >= 0.6 is 0 Å². The summed E-state index contributed by atoms with van der Waals surface area (Å²) in [6, 6.07) is 21.3. The van der Waals surface area contributed by atoms with Crippen LogP contribution in [0.25, 0.3) is 0 Å². The fourth-order valence-electron chi connectivity index (χ4n) is 2.20. The summed E-state index contributed by atoms with van der Waals surface area (Å²) >= 11 is -2.89. The Bertz CT molecular complexity index is 968. The number of benzene rings is 3. The maximum absolute atomic E-state index is 12.9. The van der Waals surface area contributed by atoms with Gasteiger partial charge in [0.05, 0.1) is 10.5 Å². The lowest BCUT2D eigenvalue weighted by atomic mass is 10.2. The molecule has 3 aromatic rings. The van der Waals surface area contributed by atoms with Gasteiger partial charge in [0.2, 0.25) is 0 Å². The largest absolute Gasteiger partial charge is 0.416 e. The Hall–Kier alpha value is -1.91. The average Bonchev–Trinajstić information content (AvgIpc) is 2.67. The summed E-state index contributed by atoms with van der Waals surface area (Å²) in [5.41, 5.74) is -1.04. The quantitative estimate of drug-likeness (QED) is 0.495. The van der Waals surface area contributed by atoms with E-state index in [9.17, 15) is 21.6 Å². The van der Waals surface area contributed by atoms with Crippen LogP contribution in [0.3, 0.4) is 0 Å². The van der Waals surface area contributed by atoms with Crippen LogP contribution in [0.5, 0.6) is 0 Å². The highest BCUT2D eigenvalue weighted by Gasteiger charge is 2.38. The van der Waals surface area contributed by atoms with Gasteiger partial charge >= 0.3 is 36.5 Å². The van der Waals surface area contributed by atoms with Crippen molar-refractivity contribution in [1.29, 1.82) is 0 Å². The Balaban J connectivity index is 2.01. The fraction of sp³-hybridized carbons (Fsp3) is 0.0526. The molecule has 0 amide bonds. The van der Waals surface area contributed by atoms with Crippen LogP contribution in [0.15, 0.2) is 89.8 Å². The monoisotopic (exact) mass is 506 g/mol. The molecule has 0 bridgehead atoms. The van der Waals surface area contributed by atoms with E-state index in [0.717, 1.165) is 25.3 Å². The van der Waals surface area contributed by atoms with Crippen molar-refractivity contribution >= 4 is 10.1 Å². The zero-order valence-corrected chi connectivity index (χ0v) is 16.7. The normalized spacial score (nSPS) is 12.3. The highest BCUT2D eigenvalue weighted by molar-refractivity contribution is 7.86. The summed E-state index contributed by atoms with van der Waals surface area (Å²) in [5.74, 6) is 0. The molecule has 0 spiro atoms. The summed E-state index contributed by atoms with van der Waals surface area (Å²) in [6.45, 7) is 0. The second-order valence-electron chi connectivity index (χ2n) is 5.38. The van der Waals surface area contributed by atoms with E-state index in [1.807, 2.05) is 0 Å². The smallest absolute Gasteiger partial charge is 0.190 e. The molecule has 0 fully saturated rings. The van der Waals surface area contributed by atoms with Crippen LogP contribution in [0.4, 0.5) is 13.2 Å². The van der Waals surface area contributed by atoms with E-state index < -0.39 is 47.0 Å². The molecule has 3 rings (SSSR count). The van der Waals surface area contributed by atoms with Crippen molar-refractivity contribution in [3.63, 3.8) is 0 Å². The van der Waals surface area contributed by atoms with Gasteiger partial charge in [-0.1, -0.05) is 42.5 Å². The Morgan fingerprint density at radius 2 is 1.26 bits per heavy atom. The fourth-order valence-corrected chi connectivity index (χ4v) is 9.25. The number of hydrogen-bond donors (Lipinski definition) is 0. The van der Waals surface area contributed by atoms with E-state index in [-0.39, 0.29) is 0 Å². The van der Waals surface area contributed by atoms with Gasteiger partial charge in [0.15, 0.2) is 7.14 Å². The summed E-state index contributed by atoms with van der Waals surface area (Å²) in [4.78, 5) is -0.508. The molecular formula is C19H14F3IO3S+. The van der Waals surface area contributed by atoms with Crippen LogP contribution in [-0.4, -0.2) is 8.42 Å². The lowest BCUT2D eigenvalue weighted by Crippen LogP contribution is -3.85. The molecule has 3 aromatic carbocycles. The Morgan fingerprint density at radius 1 is 0.741 bits per heavy atom. The highest BCUT2D eigenvalue weighted by atomic mass is 127. The van der Waals surface area contributed by atoms with Crippen LogP contribution < -0.4 is 20.2 Å². The minimum absolute atomic E-state index is 0.508. The molecule has 141 valence electrons. The molecule has 0 aliphatic rings. The van der Waals surface area contributed by atoms with Crippen molar-refractivity contribution in [2.24, 2.45) is 0 Å². The predicted molar refractivity (Wildman–Crippen MR) is 90.0 cm³/mol. The van der Waals surface area contributed by atoms with Gasteiger partial charge in [0.1, 0.15) is 0 Å². The molecule has 3 nitrogen and oxygen atoms in total. The lowest BCUT2D eigenvalue weighted by molar-refractivity contribution is -1.03. The van der Waals surface area contributed by atoms with Crippen molar-refractivity contribution in [1.82, 2.24) is 0 Å². The van der Waals surface area contributed by atoms with Gasteiger partial charge in [0, 0.05) is 0 Å². The Morgan fingerprint density at radius 3 is 1.74 bits per heavy atom. The van der Waals surface area contributed by atoms with E-state index in [1.54, 1.807) is 60.7 Å². The van der Waals surface area contributed by atoms with Crippen molar-refractivity contribution in [3.8, 4) is 0 Å². The van der Waals surface area contributed by atoms with E-state index in [2.05, 4.69) is 0 Å². The number of alkyl halides is 3. The average molecular weight is 506 g/mol. The molecule has 8 heteroatoms. The van der Waals surface area contributed by atoms with Gasteiger partial charge < -0.3 is 0 Å². The van der Waals surface area contributed by atoms with E-state index >= 15 is 0 Å². The van der Waals surface area contributed by atoms with Gasteiger partial charge in [-0.15, -0.1) is 0 Å². The van der Waals surface area contributed by atoms with Gasteiger partial charge in [-0.05, 0) is 45.0 Å². The lowest BCUT2D eigenvalue weighted by Gasteiger charge is -2.09. The van der Waals surface area contributed by atoms with Crippen LogP contribution in [0, 0.1) is 7.14 Å². The third-order valence-electron chi connectivity index (χ3n) is 3.46. The van der Waals surface area contributed by atoms with Crippen LogP contribution in [-0.2, 0) is 18.8 Å². The van der Waals surface area contributed by atoms with Crippen molar-refractivity contribution < 1.29 is 44.3 Å². The molecule has 27 heavy (non-hydrogen) atoms. The van der Waals surface area contributed by atoms with Gasteiger partial charge in [0.25, 0.3) is 0 Å². The molecule has 0 saturated heterocycles. The molecule has 0 saturated carbocycles. The van der Waals surface area contributed by atoms with Gasteiger partial charge in [-0.3, -0.25) is 0 Å². The molecule has 0 aromatic heterocycles. The minimum atomic E-state index is -4.64. The van der Waals surface area contributed by atoms with Crippen LogP contribution in [0.1, 0.15) is 5.56 Å². The molecular weight excluding hydrogens is 492 g/mol. The zero-order valence-electron chi connectivity index (χ0n) is 13.7. The molecule has 0 atom stereocenters. The van der Waals surface area contributed by atoms with Crippen molar-refractivity contribution in [3.05, 3.63) is 97.6 Å². The Kier molecular flexibility index (Phi) is 5.87. The Labute approximate surface area is 162 Å². The molecule has 0 heterocycles. The number of rotatable bonds is 5.